The minimum absolute atomic E-state index is 0.0100. The second-order valence-corrected chi connectivity index (χ2v) is 6.82. The molecule has 1 amide bonds. The van der Waals surface area contributed by atoms with Gasteiger partial charge < -0.3 is 10.3 Å². The average molecular weight is 343 g/mol. The fourth-order valence-electron chi connectivity index (χ4n) is 3.44. The molecule has 2 N–H and O–H groups in total. The highest BCUT2D eigenvalue weighted by atomic mass is 16.1. The van der Waals surface area contributed by atoms with Crippen LogP contribution in [0.15, 0.2) is 54.7 Å². The van der Waals surface area contributed by atoms with Crippen molar-refractivity contribution in [2.24, 2.45) is 0 Å². The zero-order valence-corrected chi connectivity index (χ0v) is 15.0. The number of hydrogen-bond donors (Lipinski definition) is 2. The first-order valence-corrected chi connectivity index (χ1v) is 8.82. The summed E-state index contributed by atoms with van der Waals surface area (Å²) in [6.45, 7) is 4.06. The van der Waals surface area contributed by atoms with E-state index < -0.39 is 0 Å². The van der Waals surface area contributed by atoms with E-state index in [0.717, 1.165) is 38.9 Å². The minimum Gasteiger partial charge on any atom is -0.353 e. The van der Waals surface area contributed by atoms with E-state index >= 15 is 0 Å². The van der Waals surface area contributed by atoms with Gasteiger partial charge in [0.2, 0.25) is 5.91 Å². The van der Waals surface area contributed by atoms with Gasteiger partial charge in [-0.3, -0.25) is 9.78 Å². The molecular formula is C22H21N3O. The summed E-state index contributed by atoms with van der Waals surface area (Å²) in [4.78, 5) is 20.2. The van der Waals surface area contributed by atoms with Crippen LogP contribution >= 0.6 is 0 Å². The number of para-hydroxylation sites is 1. The van der Waals surface area contributed by atoms with Crippen LogP contribution in [0, 0.1) is 13.8 Å². The van der Waals surface area contributed by atoms with Gasteiger partial charge in [0.05, 0.1) is 11.7 Å². The number of aromatic amines is 1. The van der Waals surface area contributed by atoms with Gasteiger partial charge in [0.25, 0.3) is 0 Å². The standard InChI is InChI=1S/C22H21N3O/c1-14-9-15(2)11-17(10-14)24-22(26)8-7-16-12-19-18-5-3-4-6-20(18)25-21(19)13-23-16/h3-6,9-13,25H,7-8H2,1-2H3,(H,24,26). The van der Waals surface area contributed by atoms with Gasteiger partial charge in [0, 0.05) is 34.1 Å². The van der Waals surface area contributed by atoms with Crippen molar-refractivity contribution in [2.45, 2.75) is 26.7 Å². The first kappa shape index (κ1) is 16.3. The van der Waals surface area contributed by atoms with Crippen molar-refractivity contribution in [3.05, 3.63) is 71.5 Å². The smallest absolute Gasteiger partial charge is 0.224 e. The lowest BCUT2D eigenvalue weighted by atomic mass is 10.1. The summed E-state index contributed by atoms with van der Waals surface area (Å²) in [5.41, 5.74) is 6.20. The number of carbonyl (C=O) groups is 1. The number of hydrogen-bond acceptors (Lipinski definition) is 2. The summed E-state index contributed by atoms with van der Waals surface area (Å²) in [5.74, 6) is 0.0100. The Morgan fingerprint density at radius 2 is 1.77 bits per heavy atom. The van der Waals surface area contributed by atoms with Crippen molar-refractivity contribution in [1.29, 1.82) is 0 Å². The molecule has 0 fully saturated rings. The van der Waals surface area contributed by atoms with Crippen molar-refractivity contribution in [2.75, 3.05) is 5.32 Å². The van der Waals surface area contributed by atoms with Crippen LogP contribution in [0.2, 0.25) is 0 Å². The van der Waals surface area contributed by atoms with E-state index in [2.05, 4.69) is 39.6 Å². The van der Waals surface area contributed by atoms with Gasteiger partial charge in [0.15, 0.2) is 0 Å². The Hall–Kier alpha value is -3.14. The molecule has 0 aliphatic rings. The molecule has 26 heavy (non-hydrogen) atoms. The van der Waals surface area contributed by atoms with E-state index in [-0.39, 0.29) is 5.91 Å². The van der Waals surface area contributed by atoms with Gasteiger partial charge in [-0.1, -0.05) is 24.3 Å². The second kappa shape index (κ2) is 6.64. The molecule has 0 unspecified atom stereocenters. The topological polar surface area (TPSA) is 57.8 Å². The van der Waals surface area contributed by atoms with Crippen molar-refractivity contribution >= 4 is 33.4 Å². The Balaban J connectivity index is 1.48. The molecule has 130 valence electrons. The molecule has 4 nitrogen and oxygen atoms in total. The molecule has 0 bridgehead atoms. The van der Waals surface area contributed by atoms with Gasteiger partial charge in [-0.15, -0.1) is 0 Å². The number of fused-ring (bicyclic) bond motifs is 3. The number of nitrogens with one attached hydrogen (secondary N) is 2. The lowest BCUT2D eigenvalue weighted by molar-refractivity contribution is -0.116. The SMILES string of the molecule is Cc1cc(C)cc(NC(=O)CCc2cc3c(cn2)[nH]c2ccccc23)c1. The van der Waals surface area contributed by atoms with E-state index in [1.165, 1.54) is 5.39 Å². The van der Waals surface area contributed by atoms with E-state index in [1.807, 2.05) is 44.3 Å². The Kier molecular flexibility index (Phi) is 4.17. The zero-order valence-electron chi connectivity index (χ0n) is 15.0. The number of benzene rings is 2. The van der Waals surface area contributed by atoms with Crippen LogP contribution in [-0.4, -0.2) is 15.9 Å². The number of amides is 1. The molecule has 4 rings (SSSR count). The highest BCUT2D eigenvalue weighted by Crippen LogP contribution is 2.25. The highest BCUT2D eigenvalue weighted by molar-refractivity contribution is 6.07. The van der Waals surface area contributed by atoms with Gasteiger partial charge in [-0.25, -0.2) is 0 Å². The molecule has 0 aliphatic heterocycles. The molecule has 0 spiro atoms. The summed E-state index contributed by atoms with van der Waals surface area (Å²) >= 11 is 0. The highest BCUT2D eigenvalue weighted by Gasteiger charge is 2.08. The lowest BCUT2D eigenvalue weighted by Gasteiger charge is -2.07. The number of nitrogens with zero attached hydrogens (tertiary/aromatic N) is 1. The first-order valence-electron chi connectivity index (χ1n) is 8.82. The molecular weight excluding hydrogens is 322 g/mol. The Morgan fingerprint density at radius 3 is 2.58 bits per heavy atom. The second-order valence-electron chi connectivity index (χ2n) is 6.82. The average Bonchev–Trinajstić information content (AvgIpc) is 2.97. The quantitative estimate of drug-likeness (QED) is 0.553. The van der Waals surface area contributed by atoms with Crippen LogP contribution in [0.4, 0.5) is 5.69 Å². The van der Waals surface area contributed by atoms with Crippen molar-refractivity contribution in [3.8, 4) is 0 Å². The van der Waals surface area contributed by atoms with Crippen molar-refractivity contribution in [1.82, 2.24) is 9.97 Å². The van der Waals surface area contributed by atoms with Crippen LogP contribution in [0.3, 0.4) is 0 Å². The van der Waals surface area contributed by atoms with Gasteiger partial charge in [-0.05, 0) is 55.7 Å². The molecule has 0 radical (unpaired) electrons. The molecule has 0 saturated heterocycles. The number of rotatable bonds is 4. The summed E-state index contributed by atoms with van der Waals surface area (Å²) in [6.07, 6.45) is 2.88. The number of anilines is 1. The normalized spacial score (nSPS) is 11.2. The van der Waals surface area contributed by atoms with Gasteiger partial charge >= 0.3 is 0 Å². The largest absolute Gasteiger partial charge is 0.353 e. The lowest BCUT2D eigenvalue weighted by Crippen LogP contribution is -2.12. The molecule has 0 aliphatic carbocycles. The maximum Gasteiger partial charge on any atom is 0.224 e. The predicted molar refractivity (Wildman–Crippen MR) is 106 cm³/mol. The van der Waals surface area contributed by atoms with Crippen LogP contribution in [-0.2, 0) is 11.2 Å². The predicted octanol–water partition coefficient (Wildman–Crippen LogP) is 4.90. The summed E-state index contributed by atoms with van der Waals surface area (Å²) < 4.78 is 0. The van der Waals surface area contributed by atoms with Crippen LogP contribution < -0.4 is 5.32 Å². The molecule has 2 aromatic heterocycles. The van der Waals surface area contributed by atoms with Crippen LogP contribution in [0.1, 0.15) is 23.2 Å². The zero-order chi connectivity index (χ0) is 18.1. The minimum atomic E-state index is 0.0100. The van der Waals surface area contributed by atoms with E-state index in [4.69, 9.17) is 0 Å². The van der Waals surface area contributed by atoms with Crippen LogP contribution in [0.25, 0.3) is 21.8 Å². The monoisotopic (exact) mass is 343 g/mol. The maximum absolute atomic E-state index is 12.3. The Bertz CT molecular complexity index is 1090. The van der Waals surface area contributed by atoms with E-state index in [1.54, 1.807) is 0 Å². The number of carbonyl (C=O) groups excluding carboxylic acids is 1. The molecule has 4 heteroatoms. The van der Waals surface area contributed by atoms with Crippen molar-refractivity contribution in [3.63, 3.8) is 0 Å². The number of pyridine rings is 1. The number of aromatic nitrogens is 2. The van der Waals surface area contributed by atoms with E-state index in [0.29, 0.717) is 12.8 Å². The fraction of sp³-hybridized carbons (Fsp3) is 0.182. The fourth-order valence-corrected chi connectivity index (χ4v) is 3.44. The molecule has 4 aromatic rings. The summed E-state index contributed by atoms with van der Waals surface area (Å²) in [6, 6.07) is 16.4. The van der Waals surface area contributed by atoms with Gasteiger partial charge in [-0.2, -0.15) is 0 Å². The van der Waals surface area contributed by atoms with E-state index in [9.17, 15) is 4.79 Å². The number of H-pyrrole nitrogens is 1. The molecule has 2 aromatic carbocycles. The van der Waals surface area contributed by atoms with Gasteiger partial charge in [0.1, 0.15) is 0 Å². The summed E-state index contributed by atoms with van der Waals surface area (Å²) in [5, 5.41) is 5.32. The summed E-state index contributed by atoms with van der Waals surface area (Å²) in [7, 11) is 0. The first-order chi connectivity index (χ1) is 12.6. The molecule has 2 heterocycles. The molecule has 0 saturated carbocycles. The third-order valence-corrected chi connectivity index (χ3v) is 4.56. The Labute approximate surface area is 152 Å². The van der Waals surface area contributed by atoms with Crippen molar-refractivity contribution < 1.29 is 4.79 Å². The third-order valence-electron chi connectivity index (χ3n) is 4.56. The maximum atomic E-state index is 12.3. The molecule has 0 atom stereocenters. The Morgan fingerprint density at radius 1 is 1.00 bits per heavy atom. The van der Waals surface area contributed by atoms with Crippen LogP contribution in [0.5, 0.6) is 0 Å². The number of aryl methyl sites for hydroxylation is 3. The third kappa shape index (κ3) is 3.31.